The lowest BCUT2D eigenvalue weighted by Gasteiger charge is -2.24. The van der Waals surface area contributed by atoms with E-state index in [2.05, 4.69) is 34.9 Å². The zero-order chi connectivity index (χ0) is 26.6. The molecule has 0 spiro atoms. The average Bonchev–Trinajstić information content (AvgIpc) is 3.32. The highest BCUT2D eigenvalue weighted by atomic mass is 35.5. The molecule has 200 valence electrons. The van der Waals surface area contributed by atoms with Gasteiger partial charge in [-0.05, 0) is 19.8 Å². The van der Waals surface area contributed by atoms with Crippen molar-refractivity contribution in [3.63, 3.8) is 0 Å². The Bertz CT molecular complexity index is 1290. The maximum atomic E-state index is 13.6. The predicted octanol–water partition coefficient (Wildman–Crippen LogP) is 3.08. The summed E-state index contributed by atoms with van der Waals surface area (Å²) in [6.45, 7) is 1.49. The van der Waals surface area contributed by atoms with Crippen LogP contribution in [0.3, 0.4) is 0 Å². The lowest BCUT2D eigenvalue weighted by Crippen LogP contribution is -2.33. The van der Waals surface area contributed by atoms with Crippen molar-refractivity contribution in [2.75, 3.05) is 26.1 Å². The molecule has 3 heterocycles. The number of nitrogens with one attached hydrogen (secondary N) is 1. The second kappa shape index (κ2) is 11.5. The van der Waals surface area contributed by atoms with Crippen LogP contribution in [-0.2, 0) is 14.8 Å². The normalized spacial score (nSPS) is 16.2. The van der Waals surface area contributed by atoms with E-state index in [1.807, 2.05) is 0 Å². The van der Waals surface area contributed by atoms with Crippen molar-refractivity contribution in [1.82, 2.24) is 34.7 Å². The highest BCUT2D eigenvalue weighted by Crippen LogP contribution is 2.38. The Kier molecular flexibility index (Phi) is 8.39. The van der Waals surface area contributed by atoms with E-state index in [0.29, 0.717) is 16.5 Å². The van der Waals surface area contributed by atoms with Crippen molar-refractivity contribution in [1.29, 1.82) is 0 Å². The van der Waals surface area contributed by atoms with Crippen molar-refractivity contribution in [3.8, 4) is 17.4 Å². The van der Waals surface area contributed by atoms with Crippen LogP contribution >= 0.6 is 11.6 Å². The zero-order valence-corrected chi connectivity index (χ0v) is 22.5. The van der Waals surface area contributed by atoms with E-state index >= 15 is 0 Å². The van der Waals surface area contributed by atoms with Gasteiger partial charge in [0.1, 0.15) is 23.5 Å². The number of sulfonamides is 1. The molecular weight excluding hydrogens is 524 g/mol. The van der Waals surface area contributed by atoms with Gasteiger partial charge in [-0.25, -0.2) is 18.4 Å². The molecule has 37 heavy (non-hydrogen) atoms. The molecule has 0 amide bonds. The minimum Gasteiger partial charge on any atom is -0.479 e. The summed E-state index contributed by atoms with van der Waals surface area (Å²) in [5.74, 6) is 1.12. The molecule has 1 N–H and O–H groups in total. The van der Waals surface area contributed by atoms with Crippen LogP contribution in [0.2, 0.25) is 5.02 Å². The Morgan fingerprint density at radius 1 is 1.00 bits per heavy atom. The fourth-order valence-electron chi connectivity index (χ4n) is 4.40. The van der Waals surface area contributed by atoms with E-state index in [1.54, 1.807) is 4.57 Å². The summed E-state index contributed by atoms with van der Waals surface area (Å²) in [7, 11) is 0.192. The quantitative estimate of drug-likeness (QED) is 0.394. The third-order valence-corrected chi connectivity index (χ3v) is 8.21. The molecule has 0 bridgehead atoms. The number of methoxy groups -OCH3 is 3. The molecule has 1 aliphatic carbocycles. The van der Waals surface area contributed by atoms with Crippen molar-refractivity contribution < 1.29 is 22.6 Å². The Morgan fingerprint density at radius 2 is 1.62 bits per heavy atom. The fraction of sp³-hybridized carbons (Fsp3) is 0.545. The minimum absolute atomic E-state index is 0.0503. The number of halogens is 1. The maximum Gasteiger partial charge on any atom is 0.245 e. The van der Waals surface area contributed by atoms with Gasteiger partial charge in [-0.1, -0.05) is 30.9 Å². The highest BCUT2D eigenvalue weighted by Gasteiger charge is 2.36. The topological polar surface area (TPSA) is 156 Å². The summed E-state index contributed by atoms with van der Waals surface area (Å²) in [5, 5.41) is 7.82. The highest BCUT2D eigenvalue weighted by molar-refractivity contribution is 7.93. The molecule has 4 rings (SSSR count). The van der Waals surface area contributed by atoms with Crippen molar-refractivity contribution >= 4 is 27.6 Å². The van der Waals surface area contributed by atoms with E-state index in [-0.39, 0.29) is 29.5 Å². The van der Waals surface area contributed by atoms with Gasteiger partial charge in [0.25, 0.3) is 0 Å². The van der Waals surface area contributed by atoms with Gasteiger partial charge in [0, 0.05) is 25.4 Å². The van der Waals surface area contributed by atoms with E-state index < -0.39 is 21.4 Å². The summed E-state index contributed by atoms with van der Waals surface area (Å²) in [6, 6.07) is 0. The first kappa shape index (κ1) is 26.9. The Balaban J connectivity index is 1.78. The van der Waals surface area contributed by atoms with Gasteiger partial charge in [-0.3, -0.25) is 9.29 Å². The van der Waals surface area contributed by atoms with Crippen LogP contribution in [0, 0.1) is 0 Å². The molecule has 1 aliphatic rings. The molecule has 13 nitrogen and oxygen atoms in total. The first-order valence-electron chi connectivity index (χ1n) is 11.7. The van der Waals surface area contributed by atoms with Crippen LogP contribution in [0.15, 0.2) is 18.7 Å². The first-order valence-corrected chi connectivity index (χ1v) is 13.6. The molecule has 0 saturated heterocycles. The number of nitrogens with zero attached hydrogens (tertiary/aromatic N) is 7. The molecule has 1 saturated carbocycles. The largest absolute Gasteiger partial charge is 0.479 e. The first-order chi connectivity index (χ1) is 17.8. The lowest BCUT2D eigenvalue weighted by molar-refractivity contribution is 0.0950. The number of ether oxygens (including phenoxy) is 3. The van der Waals surface area contributed by atoms with Gasteiger partial charge < -0.3 is 14.2 Å². The molecule has 3 aromatic heterocycles. The molecular formula is C22H29ClN8O5S. The maximum absolute atomic E-state index is 13.6. The number of aromatic nitrogens is 7. The van der Waals surface area contributed by atoms with Crippen LogP contribution in [-0.4, -0.2) is 69.7 Å². The number of hydrogen-bond acceptors (Lipinski definition) is 11. The molecule has 0 radical (unpaired) electrons. The SMILES string of the molecule is COc1ncnc(OC)c1-n1c(NS(=O)(=O)[C@@H](C)[C@H](OC)c2ncc(Cl)cn2)nnc1C1CCCCC1. The van der Waals surface area contributed by atoms with E-state index in [4.69, 9.17) is 25.8 Å². The Morgan fingerprint density at radius 3 is 2.19 bits per heavy atom. The fourth-order valence-corrected chi connectivity index (χ4v) is 5.63. The van der Waals surface area contributed by atoms with E-state index in [0.717, 1.165) is 32.1 Å². The number of hydrogen-bond donors (Lipinski definition) is 1. The predicted molar refractivity (Wildman–Crippen MR) is 135 cm³/mol. The van der Waals surface area contributed by atoms with Crippen LogP contribution in [0.1, 0.15) is 62.7 Å². The van der Waals surface area contributed by atoms with Gasteiger partial charge >= 0.3 is 0 Å². The number of anilines is 1. The monoisotopic (exact) mass is 552 g/mol. The van der Waals surface area contributed by atoms with Gasteiger partial charge in [0.05, 0.1) is 19.2 Å². The number of rotatable bonds is 10. The van der Waals surface area contributed by atoms with E-state index in [9.17, 15) is 8.42 Å². The summed E-state index contributed by atoms with van der Waals surface area (Å²) >= 11 is 5.88. The van der Waals surface area contributed by atoms with Crippen molar-refractivity contribution in [2.45, 2.75) is 56.3 Å². The Hall–Kier alpha value is -3.10. The molecule has 0 unspecified atom stereocenters. The summed E-state index contributed by atoms with van der Waals surface area (Å²) in [4.78, 5) is 16.6. The van der Waals surface area contributed by atoms with E-state index in [1.165, 1.54) is 47.0 Å². The third-order valence-electron chi connectivity index (χ3n) is 6.32. The van der Waals surface area contributed by atoms with Crippen LogP contribution in [0.5, 0.6) is 11.8 Å². The van der Waals surface area contributed by atoms with Crippen LogP contribution in [0.4, 0.5) is 5.95 Å². The minimum atomic E-state index is -4.10. The second-order valence-electron chi connectivity index (χ2n) is 8.56. The molecule has 3 aromatic rings. The van der Waals surface area contributed by atoms with Crippen molar-refractivity contribution in [2.24, 2.45) is 0 Å². The van der Waals surface area contributed by atoms with Crippen LogP contribution < -0.4 is 14.2 Å². The Labute approximate surface area is 220 Å². The standard InChI is InChI=1S/C22H29ClN8O5S/c1-13(17(34-2)18-24-10-15(23)11-25-18)37(32,33)30-22-29-28-19(14-8-6-5-7-9-14)31(22)16-20(35-3)26-12-27-21(16)36-4/h10-14,17H,5-9H2,1-4H3,(H,29,30)/t13-,17-/m0/s1. The van der Waals surface area contributed by atoms with Gasteiger partial charge in [0.15, 0.2) is 11.5 Å². The van der Waals surface area contributed by atoms with Gasteiger partial charge in [0.2, 0.25) is 27.7 Å². The molecule has 2 atom stereocenters. The smallest absolute Gasteiger partial charge is 0.245 e. The molecule has 0 aromatic carbocycles. The zero-order valence-electron chi connectivity index (χ0n) is 21.0. The average molecular weight is 553 g/mol. The summed E-state index contributed by atoms with van der Waals surface area (Å²) in [6.07, 6.45) is 8.05. The molecule has 0 aliphatic heterocycles. The molecule has 1 fully saturated rings. The van der Waals surface area contributed by atoms with Crippen LogP contribution in [0.25, 0.3) is 5.69 Å². The third kappa shape index (κ3) is 5.60. The van der Waals surface area contributed by atoms with Gasteiger partial charge in [-0.2, -0.15) is 9.97 Å². The summed E-state index contributed by atoms with van der Waals surface area (Å²) < 4.78 is 47.7. The van der Waals surface area contributed by atoms with Gasteiger partial charge in [-0.15, -0.1) is 10.2 Å². The second-order valence-corrected chi connectivity index (χ2v) is 11.0. The van der Waals surface area contributed by atoms with Crippen molar-refractivity contribution in [3.05, 3.63) is 35.4 Å². The molecule has 15 heteroatoms. The summed E-state index contributed by atoms with van der Waals surface area (Å²) in [5.41, 5.74) is 0.299. The lowest BCUT2D eigenvalue weighted by atomic mass is 9.88.